The minimum Gasteiger partial charge on any atom is -0.388 e. The molecular weight excluding hydrogens is 350 g/mol. The van der Waals surface area contributed by atoms with Crippen molar-refractivity contribution in [3.05, 3.63) is 35.9 Å². The fourth-order valence-corrected chi connectivity index (χ4v) is 3.22. The molecule has 0 spiro atoms. The first kappa shape index (κ1) is 20.2. The fraction of sp³-hybridized carbons (Fsp3) is 0.650. The highest BCUT2D eigenvalue weighted by Gasteiger charge is 2.51. The molecule has 2 N–H and O–H groups in total. The van der Waals surface area contributed by atoms with Gasteiger partial charge in [0.2, 0.25) is 5.91 Å². The maximum absolute atomic E-state index is 12.3. The van der Waals surface area contributed by atoms with Crippen molar-refractivity contribution in [3.8, 4) is 0 Å². The van der Waals surface area contributed by atoms with Crippen molar-refractivity contribution in [2.45, 2.75) is 70.7 Å². The van der Waals surface area contributed by atoms with E-state index < -0.39 is 36.4 Å². The molecule has 1 amide bonds. The molecule has 5 atom stereocenters. The molecule has 2 aliphatic rings. The Labute approximate surface area is 159 Å². The van der Waals surface area contributed by atoms with Gasteiger partial charge in [-0.05, 0) is 19.4 Å². The lowest BCUT2D eigenvalue weighted by Crippen LogP contribution is -2.68. The summed E-state index contributed by atoms with van der Waals surface area (Å²) in [7, 11) is 0. The normalized spacial score (nSPS) is 32.7. The Morgan fingerprint density at radius 2 is 2.04 bits per heavy atom. The fourth-order valence-electron chi connectivity index (χ4n) is 3.22. The number of carbonyl (C=O) groups excluding carboxylic acids is 1. The van der Waals surface area contributed by atoms with E-state index in [4.69, 9.17) is 18.9 Å². The van der Waals surface area contributed by atoms with Gasteiger partial charge in [-0.2, -0.15) is 0 Å². The SMILES string of the molecule is CC(C)C(=O)N[C@H]1[C@@H](OCc2ccccc2)O[C@@H]2COC(C)(C)O[C@H]2[C@@H]1O. The van der Waals surface area contributed by atoms with Crippen molar-refractivity contribution in [2.75, 3.05) is 6.61 Å². The largest absolute Gasteiger partial charge is 0.388 e. The van der Waals surface area contributed by atoms with Gasteiger partial charge in [0.25, 0.3) is 0 Å². The van der Waals surface area contributed by atoms with Crippen molar-refractivity contribution in [1.29, 1.82) is 0 Å². The van der Waals surface area contributed by atoms with Gasteiger partial charge in [-0.3, -0.25) is 4.79 Å². The highest BCUT2D eigenvalue weighted by atomic mass is 16.8. The zero-order valence-electron chi connectivity index (χ0n) is 16.3. The number of benzene rings is 1. The number of ether oxygens (including phenoxy) is 4. The van der Waals surface area contributed by atoms with E-state index >= 15 is 0 Å². The number of aliphatic hydroxyl groups is 1. The van der Waals surface area contributed by atoms with E-state index in [2.05, 4.69) is 5.32 Å². The zero-order valence-corrected chi connectivity index (χ0v) is 16.3. The Bertz CT molecular complexity index is 635. The summed E-state index contributed by atoms with van der Waals surface area (Å²) in [6.07, 6.45) is -2.86. The van der Waals surface area contributed by atoms with Crippen molar-refractivity contribution in [1.82, 2.24) is 5.32 Å². The first-order valence-electron chi connectivity index (χ1n) is 9.38. The van der Waals surface area contributed by atoms with Crippen LogP contribution in [0.3, 0.4) is 0 Å². The van der Waals surface area contributed by atoms with Crippen LogP contribution < -0.4 is 5.32 Å². The van der Waals surface area contributed by atoms with Crippen LogP contribution in [0, 0.1) is 5.92 Å². The molecule has 3 rings (SSSR count). The summed E-state index contributed by atoms with van der Waals surface area (Å²) >= 11 is 0. The van der Waals surface area contributed by atoms with E-state index in [1.165, 1.54) is 0 Å². The lowest BCUT2D eigenvalue weighted by atomic mass is 9.95. The van der Waals surface area contributed by atoms with Crippen LogP contribution in [0.1, 0.15) is 33.3 Å². The molecule has 27 heavy (non-hydrogen) atoms. The summed E-state index contributed by atoms with van der Waals surface area (Å²) in [6, 6.07) is 8.93. The minimum absolute atomic E-state index is 0.180. The van der Waals surface area contributed by atoms with Crippen LogP contribution in [-0.2, 0) is 30.3 Å². The van der Waals surface area contributed by atoms with Gasteiger partial charge in [0.05, 0.1) is 13.2 Å². The Morgan fingerprint density at radius 1 is 1.33 bits per heavy atom. The van der Waals surface area contributed by atoms with Crippen LogP contribution in [-0.4, -0.2) is 54.1 Å². The Balaban J connectivity index is 1.75. The number of rotatable bonds is 5. The molecule has 150 valence electrons. The topological polar surface area (TPSA) is 86.3 Å². The minimum atomic E-state index is -0.976. The highest BCUT2D eigenvalue weighted by Crippen LogP contribution is 2.33. The number of hydrogen-bond donors (Lipinski definition) is 2. The molecule has 0 aromatic heterocycles. The van der Waals surface area contributed by atoms with Gasteiger partial charge in [0.1, 0.15) is 24.4 Å². The van der Waals surface area contributed by atoms with E-state index in [9.17, 15) is 9.90 Å². The molecule has 0 saturated carbocycles. The predicted octanol–water partition coefficient (Wildman–Crippen LogP) is 1.58. The molecule has 1 aromatic rings. The third-order valence-electron chi connectivity index (χ3n) is 4.78. The van der Waals surface area contributed by atoms with E-state index in [0.29, 0.717) is 6.61 Å². The van der Waals surface area contributed by atoms with Gasteiger partial charge < -0.3 is 29.4 Å². The van der Waals surface area contributed by atoms with E-state index in [0.717, 1.165) is 5.56 Å². The Morgan fingerprint density at radius 3 is 2.70 bits per heavy atom. The van der Waals surface area contributed by atoms with Crippen molar-refractivity contribution in [3.63, 3.8) is 0 Å². The smallest absolute Gasteiger partial charge is 0.223 e. The first-order valence-corrected chi connectivity index (χ1v) is 9.38. The second-order valence-corrected chi connectivity index (χ2v) is 7.81. The van der Waals surface area contributed by atoms with Gasteiger partial charge in [-0.25, -0.2) is 0 Å². The summed E-state index contributed by atoms with van der Waals surface area (Å²) in [5.74, 6) is -1.23. The third-order valence-corrected chi connectivity index (χ3v) is 4.78. The zero-order chi connectivity index (χ0) is 19.6. The van der Waals surface area contributed by atoms with Gasteiger partial charge in [0.15, 0.2) is 12.1 Å². The second kappa shape index (κ2) is 8.24. The van der Waals surface area contributed by atoms with Crippen LogP contribution in [0.5, 0.6) is 0 Å². The number of carbonyl (C=O) groups is 1. The van der Waals surface area contributed by atoms with E-state index in [-0.39, 0.29) is 18.4 Å². The van der Waals surface area contributed by atoms with Crippen molar-refractivity contribution in [2.24, 2.45) is 5.92 Å². The summed E-state index contributed by atoms with van der Waals surface area (Å²) in [4.78, 5) is 12.3. The molecule has 2 aliphatic heterocycles. The van der Waals surface area contributed by atoms with Gasteiger partial charge in [0, 0.05) is 5.92 Å². The van der Waals surface area contributed by atoms with Crippen LogP contribution in [0.2, 0.25) is 0 Å². The van der Waals surface area contributed by atoms with Gasteiger partial charge >= 0.3 is 0 Å². The van der Waals surface area contributed by atoms with E-state index in [1.807, 2.05) is 30.3 Å². The maximum atomic E-state index is 12.3. The third kappa shape index (κ3) is 4.86. The summed E-state index contributed by atoms with van der Waals surface area (Å²) < 4.78 is 23.5. The predicted molar refractivity (Wildman–Crippen MR) is 97.6 cm³/mol. The van der Waals surface area contributed by atoms with Crippen molar-refractivity contribution >= 4 is 5.91 Å². The van der Waals surface area contributed by atoms with Gasteiger partial charge in [-0.1, -0.05) is 44.2 Å². The quantitative estimate of drug-likeness (QED) is 0.808. The molecule has 2 saturated heterocycles. The van der Waals surface area contributed by atoms with E-state index in [1.54, 1.807) is 27.7 Å². The lowest BCUT2D eigenvalue weighted by molar-refractivity contribution is -0.369. The number of fused-ring (bicyclic) bond motifs is 1. The van der Waals surface area contributed by atoms with Crippen molar-refractivity contribution < 1.29 is 28.8 Å². The molecule has 7 nitrogen and oxygen atoms in total. The Hall–Kier alpha value is -1.51. The lowest BCUT2D eigenvalue weighted by Gasteiger charge is -2.49. The van der Waals surface area contributed by atoms with Crippen LogP contribution >= 0.6 is 0 Å². The van der Waals surface area contributed by atoms with Gasteiger partial charge in [-0.15, -0.1) is 0 Å². The molecule has 2 fully saturated rings. The molecule has 0 bridgehead atoms. The average molecular weight is 379 g/mol. The number of nitrogens with one attached hydrogen (secondary N) is 1. The molecule has 0 aliphatic carbocycles. The second-order valence-electron chi connectivity index (χ2n) is 7.81. The highest BCUT2D eigenvalue weighted by molar-refractivity contribution is 5.78. The van der Waals surface area contributed by atoms with Crippen LogP contribution in [0.25, 0.3) is 0 Å². The summed E-state index contributed by atoms with van der Waals surface area (Å²) in [5, 5.41) is 13.8. The summed E-state index contributed by atoms with van der Waals surface area (Å²) in [6.45, 7) is 7.75. The number of amides is 1. The summed E-state index contributed by atoms with van der Waals surface area (Å²) in [5.41, 5.74) is 0.976. The molecule has 2 heterocycles. The standard InChI is InChI=1S/C20H29NO6/c1-12(2)18(23)21-15-16(22)17-14(11-25-20(3,4)27-17)26-19(15)24-10-13-8-6-5-7-9-13/h5-9,12,14-17,19,22H,10-11H2,1-4H3,(H,21,23)/t14-,15-,16-,17-,19+/m1/s1. The monoisotopic (exact) mass is 379 g/mol. The number of aliphatic hydroxyl groups excluding tert-OH is 1. The molecule has 0 radical (unpaired) electrons. The Kier molecular flexibility index (Phi) is 6.18. The molecule has 1 aromatic carbocycles. The molecule has 7 heteroatoms. The van der Waals surface area contributed by atoms with Crippen LogP contribution in [0.4, 0.5) is 0 Å². The maximum Gasteiger partial charge on any atom is 0.223 e. The first-order chi connectivity index (χ1) is 12.8. The average Bonchev–Trinajstić information content (AvgIpc) is 2.63. The molecular formula is C20H29NO6. The molecule has 0 unspecified atom stereocenters. The van der Waals surface area contributed by atoms with Crippen LogP contribution in [0.15, 0.2) is 30.3 Å². The number of hydrogen-bond acceptors (Lipinski definition) is 6.